The van der Waals surface area contributed by atoms with Gasteiger partial charge in [-0.1, -0.05) is 30.4 Å². The number of amides is 1. The average Bonchev–Trinajstić information content (AvgIpc) is 3.16. The molecule has 2 bridgehead atoms. The number of nitrogens with zero attached hydrogens (tertiary/aromatic N) is 1. The number of para-hydroxylation sites is 1. The number of carbonyl (C=O) groups is 3. The first-order valence-corrected chi connectivity index (χ1v) is 7.98. The van der Waals surface area contributed by atoms with E-state index in [9.17, 15) is 19.5 Å². The molecule has 0 radical (unpaired) electrons. The fourth-order valence-electron chi connectivity index (χ4n) is 3.86. The molecule has 0 heterocycles. The summed E-state index contributed by atoms with van der Waals surface area (Å²) in [6.45, 7) is 0.0299. The summed E-state index contributed by atoms with van der Waals surface area (Å²) in [5.41, 5.74) is 0.597. The molecule has 2 N–H and O–H groups in total. The van der Waals surface area contributed by atoms with Crippen LogP contribution in [0, 0.1) is 23.7 Å². The molecule has 0 unspecified atom stereocenters. The Morgan fingerprint density at radius 1 is 1.00 bits per heavy atom. The molecule has 2 aliphatic rings. The Labute approximate surface area is 139 Å². The summed E-state index contributed by atoms with van der Waals surface area (Å²) in [6.07, 6.45) is 4.30. The first kappa shape index (κ1) is 16.2. The van der Waals surface area contributed by atoms with Crippen molar-refractivity contribution < 1.29 is 24.6 Å². The molecule has 1 amide bonds. The summed E-state index contributed by atoms with van der Waals surface area (Å²) in [5, 5.41) is 18.5. The van der Waals surface area contributed by atoms with Gasteiger partial charge < -0.3 is 15.1 Å². The Morgan fingerprint density at radius 2 is 1.62 bits per heavy atom. The average molecular weight is 329 g/mol. The SMILES string of the molecule is O=C(O)CCN(C(=O)[C@H]1[C@H](C(=O)O)[C@H]2C=C[C@H]1C2)c1ccccc1. The van der Waals surface area contributed by atoms with Gasteiger partial charge in [-0.2, -0.15) is 0 Å². The Kier molecular flexibility index (Phi) is 4.38. The summed E-state index contributed by atoms with van der Waals surface area (Å²) < 4.78 is 0. The second-order valence-electron chi connectivity index (χ2n) is 6.31. The lowest BCUT2D eigenvalue weighted by atomic mass is 9.82. The zero-order valence-electron chi connectivity index (χ0n) is 13.0. The van der Waals surface area contributed by atoms with E-state index in [0.717, 1.165) is 0 Å². The molecule has 6 nitrogen and oxygen atoms in total. The number of carbonyl (C=O) groups excluding carboxylic acids is 1. The number of allylic oxidation sites excluding steroid dienone is 2. The predicted molar refractivity (Wildman–Crippen MR) is 86.4 cm³/mol. The molecule has 4 atom stereocenters. The van der Waals surface area contributed by atoms with Crippen LogP contribution < -0.4 is 4.90 Å². The van der Waals surface area contributed by atoms with Gasteiger partial charge in [-0.3, -0.25) is 14.4 Å². The third-order valence-electron chi connectivity index (χ3n) is 4.91. The second kappa shape index (κ2) is 6.47. The standard InChI is InChI=1S/C18H19NO5/c20-14(21)8-9-19(13-4-2-1-3-5-13)17(22)15-11-6-7-12(10-11)16(15)18(23)24/h1-7,11-12,15-16H,8-10H2,(H,20,21)(H,23,24)/t11-,12-,15+,16+/m0/s1. The maximum atomic E-state index is 13.1. The van der Waals surface area contributed by atoms with Gasteiger partial charge in [0.1, 0.15) is 0 Å². The van der Waals surface area contributed by atoms with Crippen molar-refractivity contribution in [2.75, 3.05) is 11.4 Å². The van der Waals surface area contributed by atoms with Gasteiger partial charge in [-0.05, 0) is 30.4 Å². The molecule has 0 spiro atoms. The van der Waals surface area contributed by atoms with Crippen LogP contribution in [0.25, 0.3) is 0 Å². The third kappa shape index (κ3) is 2.91. The molecule has 1 saturated carbocycles. The quantitative estimate of drug-likeness (QED) is 0.779. The lowest BCUT2D eigenvalue weighted by Crippen LogP contribution is -2.44. The van der Waals surface area contributed by atoms with E-state index in [0.29, 0.717) is 12.1 Å². The van der Waals surface area contributed by atoms with Crippen LogP contribution in [0.2, 0.25) is 0 Å². The van der Waals surface area contributed by atoms with Crippen molar-refractivity contribution in [3.05, 3.63) is 42.5 Å². The van der Waals surface area contributed by atoms with E-state index in [4.69, 9.17) is 5.11 Å². The lowest BCUT2D eigenvalue weighted by Gasteiger charge is -2.30. The van der Waals surface area contributed by atoms with Crippen molar-refractivity contribution in [3.8, 4) is 0 Å². The molecule has 3 rings (SSSR count). The van der Waals surface area contributed by atoms with Crippen molar-refractivity contribution in [1.29, 1.82) is 0 Å². The highest BCUT2D eigenvalue weighted by molar-refractivity contribution is 5.98. The largest absolute Gasteiger partial charge is 0.481 e. The minimum atomic E-state index is -0.994. The van der Waals surface area contributed by atoms with Gasteiger partial charge in [0.15, 0.2) is 0 Å². The molecule has 0 aromatic heterocycles. The normalized spacial score (nSPS) is 27.2. The van der Waals surface area contributed by atoms with E-state index in [-0.39, 0.29) is 30.7 Å². The molecule has 24 heavy (non-hydrogen) atoms. The van der Waals surface area contributed by atoms with Gasteiger partial charge in [-0.25, -0.2) is 0 Å². The molecule has 2 aliphatic carbocycles. The Balaban J connectivity index is 1.89. The maximum Gasteiger partial charge on any atom is 0.307 e. The molecule has 0 saturated heterocycles. The zero-order chi connectivity index (χ0) is 17.3. The minimum absolute atomic E-state index is 0.0299. The van der Waals surface area contributed by atoms with Crippen LogP contribution in [0.5, 0.6) is 0 Å². The minimum Gasteiger partial charge on any atom is -0.481 e. The molecule has 1 aromatic carbocycles. The van der Waals surface area contributed by atoms with Gasteiger partial charge in [0.05, 0.1) is 18.3 Å². The Hall–Kier alpha value is -2.63. The number of fused-ring (bicyclic) bond motifs is 2. The topological polar surface area (TPSA) is 94.9 Å². The number of aliphatic carboxylic acids is 2. The fraction of sp³-hybridized carbons (Fsp3) is 0.389. The third-order valence-corrected chi connectivity index (χ3v) is 4.91. The van der Waals surface area contributed by atoms with Crippen LogP contribution in [0.15, 0.2) is 42.5 Å². The van der Waals surface area contributed by atoms with Crippen LogP contribution in [0.4, 0.5) is 5.69 Å². The van der Waals surface area contributed by atoms with Crippen LogP contribution in [0.1, 0.15) is 12.8 Å². The number of carboxylic acids is 2. The van der Waals surface area contributed by atoms with Crippen LogP contribution >= 0.6 is 0 Å². The number of anilines is 1. The first-order valence-electron chi connectivity index (χ1n) is 7.98. The molecule has 1 fully saturated rings. The van der Waals surface area contributed by atoms with Crippen molar-refractivity contribution in [1.82, 2.24) is 0 Å². The molecular weight excluding hydrogens is 310 g/mol. The fourth-order valence-corrected chi connectivity index (χ4v) is 3.86. The molecule has 0 aliphatic heterocycles. The van der Waals surface area contributed by atoms with Crippen LogP contribution in [-0.2, 0) is 14.4 Å². The van der Waals surface area contributed by atoms with E-state index >= 15 is 0 Å². The van der Waals surface area contributed by atoms with E-state index < -0.39 is 23.8 Å². The van der Waals surface area contributed by atoms with Crippen molar-refractivity contribution in [2.45, 2.75) is 12.8 Å². The smallest absolute Gasteiger partial charge is 0.307 e. The molecule has 126 valence electrons. The number of hydrogen-bond donors (Lipinski definition) is 2. The molecular formula is C18H19NO5. The second-order valence-corrected chi connectivity index (χ2v) is 6.31. The van der Waals surface area contributed by atoms with E-state index in [2.05, 4.69) is 0 Å². The van der Waals surface area contributed by atoms with Crippen molar-refractivity contribution >= 4 is 23.5 Å². The van der Waals surface area contributed by atoms with Crippen molar-refractivity contribution in [3.63, 3.8) is 0 Å². The van der Waals surface area contributed by atoms with Crippen molar-refractivity contribution in [2.24, 2.45) is 23.7 Å². The Morgan fingerprint density at radius 3 is 2.21 bits per heavy atom. The summed E-state index contributed by atoms with van der Waals surface area (Å²) in [7, 11) is 0. The first-order chi connectivity index (χ1) is 11.5. The monoisotopic (exact) mass is 329 g/mol. The van der Waals surface area contributed by atoms with E-state index in [1.807, 2.05) is 18.2 Å². The predicted octanol–water partition coefficient (Wildman–Crippen LogP) is 2.02. The number of carboxylic acid groups (broad SMARTS) is 2. The summed E-state index contributed by atoms with van der Waals surface area (Å²) in [5.74, 6) is -3.82. The summed E-state index contributed by atoms with van der Waals surface area (Å²) in [6, 6.07) is 8.82. The van der Waals surface area contributed by atoms with Gasteiger partial charge >= 0.3 is 11.9 Å². The maximum absolute atomic E-state index is 13.1. The number of hydrogen-bond acceptors (Lipinski definition) is 3. The lowest BCUT2D eigenvalue weighted by molar-refractivity contribution is -0.147. The highest BCUT2D eigenvalue weighted by atomic mass is 16.4. The highest BCUT2D eigenvalue weighted by Crippen LogP contribution is 2.49. The van der Waals surface area contributed by atoms with Gasteiger partial charge in [0, 0.05) is 12.2 Å². The van der Waals surface area contributed by atoms with Gasteiger partial charge in [-0.15, -0.1) is 0 Å². The van der Waals surface area contributed by atoms with Crippen LogP contribution in [0.3, 0.4) is 0 Å². The van der Waals surface area contributed by atoms with E-state index in [1.54, 1.807) is 24.3 Å². The number of benzene rings is 1. The number of rotatable bonds is 6. The summed E-state index contributed by atoms with van der Waals surface area (Å²) >= 11 is 0. The highest BCUT2D eigenvalue weighted by Gasteiger charge is 2.52. The zero-order valence-corrected chi connectivity index (χ0v) is 13.0. The molecule has 1 aromatic rings. The van der Waals surface area contributed by atoms with Gasteiger partial charge in [0.25, 0.3) is 0 Å². The Bertz CT molecular complexity index is 684. The van der Waals surface area contributed by atoms with Gasteiger partial charge in [0.2, 0.25) is 5.91 Å². The van der Waals surface area contributed by atoms with Crippen LogP contribution in [-0.4, -0.2) is 34.6 Å². The van der Waals surface area contributed by atoms with E-state index in [1.165, 1.54) is 4.90 Å². The molecule has 6 heteroatoms. The summed E-state index contributed by atoms with van der Waals surface area (Å²) in [4.78, 5) is 37.1.